The van der Waals surface area contributed by atoms with E-state index < -0.39 is 9.84 Å². The number of nitrogens with zero attached hydrogens (tertiary/aromatic N) is 1. The van der Waals surface area contributed by atoms with Gasteiger partial charge in [0.25, 0.3) is 5.91 Å². The molecule has 138 valence electrons. The van der Waals surface area contributed by atoms with Crippen LogP contribution in [0.15, 0.2) is 54.6 Å². The summed E-state index contributed by atoms with van der Waals surface area (Å²) < 4.78 is 34.3. The molecular weight excluding hydrogens is 354 g/mol. The third-order valence-electron chi connectivity index (χ3n) is 4.31. The molecule has 0 radical (unpaired) electrons. The zero-order valence-corrected chi connectivity index (χ0v) is 15.3. The molecule has 26 heavy (non-hydrogen) atoms. The second kappa shape index (κ2) is 7.78. The predicted octanol–water partition coefficient (Wildman–Crippen LogP) is 2.50. The second-order valence-corrected chi connectivity index (χ2v) is 8.47. The molecule has 2 aromatic rings. The summed E-state index contributed by atoms with van der Waals surface area (Å²) in [5.41, 5.74) is 0. The van der Waals surface area contributed by atoms with Gasteiger partial charge in [-0.3, -0.25) is 4.79 Å². The van der Waals surface area contributed by atoms with Gasteiger partial charge in [-0.25, -0.2) is 8.42 Å². The molecule has 1 atom stereocenters. The largest absolute Gasteiger partial charge is 0.484 e. The molecule has 0 bridgehead atoms. The number of sulfone groups is 1. The predicted molar refractivity (Wildman–Crippen MR) is 98.3 cm³/mol. The van der Waals surface area contributed by atoms with Gasteiger partial charge in [0.15, 0.2) is 16.4 Å². The molecular formula is C19H21NO5S. The van der Waals surface area contributed by atoms with Crippen molar-refractivity contribution in [1.29, 1.82) is 0 Å². The van der Waals surface area contributed by atoms with Crippen LogP contribution in [0.2, 0.25) is 0 Å². The normalized spacial score (nSPS) is 18.3. The molecule has 1 fully saturated rings. The molecule has 0 N–H and O–H groups in total. The Morgan fingerprint density at radius 3 is 2.27 bits per heavy atom. The van der Waals surface area contributed by atoms with Gasteiger partial charge in [-0.05, 0) is 42.8 Å². The monoisotopic (exact) mass is 375 g/mol. The van der Waals surface area contributed by atoms with Crippen LogP contribution in [0.5, 0.6) is 17.2 Å². The minimum atomic E-state index is -3.02. The first-order chi connectivity index (χ1) is 12.4. The summed E-state index contributed by atoms with van der Waals surface area (Å²) in [7, 11) is -1.40. The third-order valence-corrected chi connectivity index (χ3v) is 6.06. The van der Waals surface area contributed by atoms with Gasteiger partial charge in [0.05, 0.1) is 11.5 Å². The number of ether oxygens (including phenoxy) is 2. The maximum absolute atomic E-state index is 12.2. The molecule has 6 nitrogen and oxygen atoms in total. The molecule has 0 aromatic heterocycles. The summed E-state index contributed by atoms with van der Waals surface area (Å²) in [5, 5.41) is 0. The Balaban J connectivity index is 1.50. The van der Waals surface area contributed by atoms with Gasteiger partial charge in [-0.1, -0.05) is 18.2 Å². The highest BCUT2D eigenvalue weighted by atomic mass is 32.2. The first kappa shape index (κ1) is 18.3. The van der Waals surface area contributed by atoms with E-state index in [2.05, 4.69) is 0 Å². The Morgan fingerprint density at radius 1 is 1.04 bits per heavy atom. The number of rotatable bonds is 6. The lowest BCUT2D eigenvalue weighted by molar-refractivity contribution is -0.133. The smallest absolute Gasteiger partial charge is 0.260 e. The Hall–Kier alpha value is -2.54. The van der Waals surface area contributed by atoms with Crippen molar-refractivity contribution in [2.24, 2.45) is 0 Å². The van der Waals surface area contributed by atoms with Crippen molar-refractivity contribution in [1.82, 2.24) is 4.90 Å². The van der Waals surface area contributed by atoms with Gasteiger partial charge in [0.1, 0.15) is 17.2 Å². The fourth-order valence-electron chi connectivity index (χ4n) is 2.76. The highest BCUT2D eigenvalue weighted by molar-refractivity contribution is 7.91. The van der Waals surface area contributed by atoms with E-state index in [-0.39, 0.29) is 30.1 Å². The SMILES string of the molecule is CN(C(=O)COc1ccc(Oc2ccccc2)cc1)[C@@H]1CCS(=O)(=O)C1. The topological polar surface area (TPSA) is 72.9 Å². The Labute approximate surface area is 153 Å². The van der Waals surface area contributed by atoms with E-state index in [1.54, 1.807) is 31.3 Å². The fraction of sp³-hybridized carbons (Fsp3) is 0.316. The van der Waals surface area contributed by atoms with Crippen molar-refractivity contribution < 1.29 is 22.7 Å². The molecule has 0 aliphatic carbocycles. The van der Waals surface area contributed by atoms with E-state index in [9.17, 15) is 13.2 Å². The number of amides is 1. The van der Waals surface area contributed by atoms with Gasteiger partial charge >= 0.3 is 0 Å². The summed E-state index contributed by atoms with van der Waals surface area (Å²) in [6, 6.07) is 16.1. The fourth-order valence-corrected chi connectivity index (χ4v) is 4.53. The minimum Gasteiger partial charge on any atom is -0.484 e. The number of para-hydroxylation sites is 1. The average molecular weight is 375 g/mol. The van der Waals surface area contributed by atoms with Crippen molar-refractivity contribution in [3.05, 3.63) is 54.6 Å². The van der Waals surface area contributed by atoms with E-state index in [4.69, 9.17) is 9.47 Å². The number of carbonyl (C=O) groups is 1. The van der Waals surface area contributed by atoms with E-state index in [1.807, 2.05) is 30.3 Å². The molecule has 0 spiro atoms. The number of likely N-dealkylation sites (N-methyl/N-ethyl adjacent to an activating group) is 1. The van der Waals surface area contributed by atoms with Gasteiger partial charge in [-0.2, -0.15) is 0 Å². The van der Waals surface area contributed by atoms with Crippen LogP contribution in [0.3, 0.4) is 0 Å². The molecule has 0 unspecified atom stereocenters. The van der Waals surface area contributed by atoms with Crippen LogP contribution in [0.25, 0.3) is 0 Å². The van der Waals surface area contributed by atoms with E-state index in [1.165, 1.54) is 4.90 Å². The Bertz CT molecular complexity index is 849. The Kier molecular flexibility index (Phi) is 5.46. The maximum atomic E-state index is 12.2. The van der Waals surface area contributed by atoms with Crippen LogP contribution in [0.1, 0.15) is 6.42 Å². The number of benzene rings is 2. The van der Waals surface area contributed by atoms with Gasteiger partial charge in [-0.15, -0.1) is 0 Å². The standard InChI is InChI=1S/C19H21NO5S/c1-20(15-11-12-26(22,23)14-15)19(21)13-24-16-7-9-18(10-8-16)25-17-5-3-2-4-6-17/h2-10,15H,11-14H2,1H3/t15-/m1/s1. The lowest BCUT2D eigenvalue weighted by atomic mass is 10.2. The van der Waals surface area contributed by atoms with E-state index in [0.717, 1.165) is 5.75 Å². The van der Waals surface area contributed by atoms with Gasteiger partial charge in [0.2, 0.25) is 0 Å². The quantitative estimate of drug-likeness (QED) is 0.776. The lowest BCUT2D eigenvalue weighted by Gasteiger charge is -2.23. The molecule has 1 aliphatic rings. The summed E-state index contributed by atoms with van der Waals surface area (Å²) in [4.78, 5) is 13.7. The summed E-state index contributed by atoms with van der Waals surface area (Å²) >= 11 is 0. The molecule has 7 heteroatoms. The molecule has 1 amide bonds. The van der Waals surface area contributed by atoms with Crippen molar-refractivity contribution in [3.8, 4) is 17.2 Å². The van der Waals surface area contributed by atoms with Crippen molar-refractivity contribution in [3.63, 3.8) is 0 Å². The van der Waals surface area contributed by atoms with Gasteiger partial charge in [0, 0.05) is 13.1 Å². The minimum absolute atomic E-state index is 0.0285. The number of carbonyl (C=O) groups excluding carboxylic acids is 1. The first-order valence-corrected chi connectivity index (χ1v) is 10.2. The number of hydrogen-bond donors (Lipinski definition) is 0. The zero-order chi connectivity index (χ0) is 18.6. The molecule has 0 saturated carbocycles. The summed E-state index contributed by atoms with van der Waals surface area (Å²) in [6.45, 7) is -0.133. The highest BCUT2D eigenvalue weighted by Gasteiger charge is 2.32. The molecule has 1 heterocycles. The summed E-state index contributed by atoms with van der Waals surface area (Å²) in [5.74, 6) is 1.88. The molecule has 1 aliphatic heterocycles. The second-order valence-electron chi connectivity index (χ2n) is 6.24. The van der Waals surface area contributed by atoms with Crippen molar-refractivity contribution in [2.75, 3.05) is 25.2 Å². The molecule has 3 rings (SSSR count). The van der Waals surface area contributed by atoms with Crippen molar-refractivity contribution in [2.45, 2.75) is 12.5 Å². The van der Waals surface area contributed by atoms with Crippen LogP contribution < -0.4 is 9.47 Å². The van der Waals surface area contributed by atoms with Crippen LogP contribution in [0, 0.1) is 0 Å². The first-order valence-electron chi connectivity index (χ1n) is 8.35. The highest BCUT2D eigenvalue weighted by Crippen LogP contribution is 2.23. The maximum Gasteiger partial charge on any atom is 0.260 e. The van der Waals surface area contributed by atoms with Crippen LogP contribution in [-0.4, -0.2) is 50.4 Å². The third kappa shape index (κ3) is 4.76. The number of hydrogen-bond acceptors (Lipinski definition) is 5. The average Bonchev–Trinajstić information content (AvgIpc) is 3.01. The Morgan fingerprint density at radius 2 is 1.65 bits per heavy atom. The molecule has 1 saturated heterocycles. The van der Waals surface area contributed by atoms with E-state index >= 15 is 0 Å². The van der Waals surface area contributed by atoms with Crippen LogP contribution in [0.4, 0.5) is 0 Å². The zero-order valence-electron chi connectivity index (χ0n) is 14.5. The van der Waals surface area contributed by atoms with Crippen molar-refractivity contribution >= 4 is 15.7 Å². The summed E-state index contributed by atoms with van der Waals surface area (Å²) in [6.07, 6.45) is 0.482. The van der Waals surface area contributed by atoms with E-state index in [0.29, 0.717) is 17.9 Å². The lowest BCUT2D eigenvalue weighted by Crippen LogP contribution is -2.40. The van der Waals surface area contributed by atoms with Crippen LogP contribution >= 0.6 is 0 Å². The molecule has 2 aromatic carbocycles. The van der Waals surface area contributed by atoms with Gasteiger partial charge < -0.3 is 14.4 Å². The van der Waals surface area contributed by atoms with Crippen LogP contribution in [-0.2, 0) is 14.6 Å².